The highest BCUT2D eigenvalue weighted by molar-refractivity contribution is 4.88. The average molecular weight is 238 g/mol. The van der Waals surface area contributed by atoms with Crippen LogP contribution in [0.2, 0.25) is 0 Å². The average Bonchev–Trinajstić information content (AvgIpc) is 2.74. The molecular weight excluding hydrogens is 212 g/mol. The Bertz CT molecular complexity index is 295. The molecule has 0 aliphatic carbocycles. The zero-order chi connectivity index (χ0) is 12.5. The van der Waals surface area contributed by atoms with E-state index in [0.717, 1.165) is 38.3 Å². The molecule has 4 heteroatoms. The van der Waals surface area contributed by atoms with Crippen molar-refractivity contribution in [2.75, 3.05) is 13.1 Å². The lowest BCUT2D eigenvalue weighted by molar-refractivity contribution is 0.421. The monoisotopic (exact) mass is 238 g/mol. The predicted molar refractivity (Wildman–Crippen MR) is 71.0 cm³/mol. The van der Waals surface area contributed by atoms with Crippen molar-refractivity contribution in [1.29, 1.82) is 0 Å². The van der Waals surface area contributed by atoms with Gasteiger partial charge in [-0.1, -0.05) is 27.2 Å². The molecule has 1 aromatic heterocycles. The van der Waals surface area contributed by atoms with Crippen molar-refractivity contribution in [3.63, 3.8) is 0 Å². The van der Waals surface area contributed by atoms with Crippen molar-refractivity contribution in [3.05, 3.63) is 12.2 Å². The quantitative estimate of drug-likeness (QED) is 0.717. The maximum Gasteiger partial charge on any atom is 0.138 e. The Hall–Kier alpha value is -0.900. The Labute approximate surface area is 105 Å². The molecule has 1 N–H and O–H groups in total. The van der Waals surface area contributed by atoms with Gasteiger partial charge in [0.25, 0.3) is 0 Å². The number of aromatic nitrogens is 3. The topological polar surface area (TPSA) is 42.7 Å². The van der Waals surface area contributed by atoms with Gasteiger partial charge in [0.1, 0.15) is 12.2 Å². The van der Waals surface area contributed by atoms with Crippen LogP contribution in [0.3, 0.4) is 0 Å². The van der Waals surface area contributed by atoms with Crippen LogP contribution in [0.1, 0.15) is 45.9 Å². The molecule has 1 unspecified atom stereocenters. The highest BCUT2D eigenvalue weighted by Crippen LogP contribution is 2.12. The molecule has 0 fully saturated rings. The largest absolute Gasteiger partial charge is 0.317 e. The number of hydrogen-bond acceptors (Lipinski definition) is 3. The minimum absolute atomic E-state index is 0.680. The fourth-order valence-electron chi connectivity index (χ4n) is 2.14. The van der Waals surface area contributed by atoms with Crippen LogP contribution in [-0.2, 0) is 13.0 Å². The first-order valence-electron chi connectivity index (χ1n) is 6.89. The van der Waals surface area contributed by atoms with Crippen molar-refractivity contribution in [1.82, 2.24) is 20.1 Å². The fourth-order valence-corrected chi connectivity index (χ4v) is 2.14. The van der Waals surface area contributed by atoms with Crippen LogP contribution in [0, 0.1) is 5.92 Å². The number of aryl methyl sites for hydroxylation is 1. The molecule has 1 aromatic rings. The predicted octanol–water partition coefficient (Wildman–Crippen LogP) is 2.26. The summed E-state index contributed by atoms with van der Waals surface area (Å²) in [5.41, 5.74) is 0. The van der Waals surface area contributed by atoms with Gasteiger partial charge in [-0.05, 0) is 31.8 Å². The van der Waals surface area contributed by atoms with Crippen LogP contribution >= 0.6 is 0 Å². The third kappa shape index (κ3) is 4.86. The highest BCUT2D eigenvalue weighted by atomic mass is 15.3. The smallest absolute Gasteiger partial charge is 0.138 e. The van der Waals surface area contributed by atoms with Crippen LogP contribution < -0.4 is 5.32 Å². The van der Waals surface area contributed by atoms with Crippen LogP contribution in [0.4, 0.5) is 0 Å². The van der Waals surface area contributed by atoms with Gasteiger partial charge in [0.05, 0.1) is 0 Å². The van der Waals surface area contributed by atoms with Crippen molar-refractivity contribution in [2.24, 2.45) is 5.92 Å². The van der Waals surface area contributed by atoms with E-state index in [-0.39, 0.29) is 0 Å². The van der Waals surface area contributed by atoms with Gasteiger partial charge < -0.3 is 5.32 Å². The minimum atomic E-state index is 0.680. The molecule has 0 spiro atoms. The van der Waals surface area contributed by atoms with Gasteiger partial charge >= 0.3 is 0 Å². The second-order valence-electron chi connectivity index (χ2n) is 4.57. The molecule has 0 aromatic carbocycles. The Morgan fingerprint density at radius 3 is 2.76 bits per heavy atom. The third-order valence-corrected chi connectivity index (χ3v) is 2.98. The molecule has 0 amide bonds. The molecule has 0 saturated heterocycles. The van der Waals surface area contributed by atoms with Crippen LogP contribution in [0.25, 0.3) is 0 Å². The Balaban J connectivity index is 2.54. The van der Waals surface area contributed by atoms with Crippen molar-refractivity contribution >= 4 is 0 Å². The number of rotatable bonds is 9. The summed E-state index contributed by atoms with van der Waals surface area (Å²) in [5.74, 6) is 1.82. The van der Waals surface area contributed by atoms with E-state index in [2.05, 4.69) is 40.9 Å². The molecule has 0 saturated carbocycles. The van der Waals surface area contributed by atoms with Gasteiger partial charge in [-0.15, -0.1) is 0 Å². The minimum Gasteiger partial charge on any atom is -0.317 e. The summed E-state index contributed by atoms with van der Waals surface area (Å²) in [6.07, 6.45) is 6.33. The summed E-state index contributed by atoms with van der Waals surface area (Å²) < 4.78 is 2.05. The van der Waals surface area contributed by atoms with Crippen molar-refractivity contribution in [2.45, 2.75) is 53.0 Å². The van der Waals surface area contributed by atoms with E-state index in [4.69, 9.17) is 0 Å². The number of hydrogen-bond donors (Lipinski definition) is 1. The van der Waals surface area contributed by atoms with Crippen LogP contribution in [0.5, 0.6) is 0 Å². The molecule has 98 valence electrons. The summed E-state index contributed by atoms with van der Waals surface area (Å²) in [6.45, 7) is 9.69. The lowest BCUT2D eigenvalue weighted by Crippen LogP contribution is -2.25. The van der Waals surface area contributed by atoms with E-state index in [1.165, 1.54) is 12.8 Å². The van der Waals surface area contributed by atoms with E-state index >= 15 is 0 Å². The molecule has 1 rings (SSSR count). The van der Waals surface area contributed by atoms with E-state index in [9.17, 15) is 0 Å². The van der Waals surface area contributed by atoms with Crippen molar-refractivity contribution < 1.29 is 0 Å². The first-order chi connectivity index (χ1) is 8.31. The molecule has 0 aliphatic rings. The van der Waals surface area contributed by atoms with Crippen LogP contribution in [0.15, 0.2) is 6.33 Å². The van der Waals surface area contributed by atoms with Gasteiger partial charge in [-0.25, -0.2) is 4.98 Å². The normalized spacial score (nSPS) is 12.9. The SMILES string of the molecule is CCCC(CNCC)Cc1ncnn1CCC. The molecule has 0 radical (unpaired) electrons. The first-order valence-corrected chi connectivity index (χ1v) is 6.89. The highest BCUT2D eigenvalue weighted by Gasteiger charge is 2.12. The van der Waals surface area contributed by atoms with E-state index in [0.29, 0.717) is 5.92 Å². The van der Waals surface area contributed by atoms with Crippen LogP contribution in [-0.4, -0.2) is 27.9 Å². The summed E-state index contributed by atoms with van der Waals surface area (Å²) in [7, 11) is 0. The summed E-state index contributed by atoms with van der Waals surface area (Å²) >= 11 is 0. The summed E-state index contributed by atoms with van der Waals surface area (Å²) in [4.78, 5) is 4.39. The van der Waals surface area contributed by atoms with Crippen molar-refractivity contribution in [3.8, 4) is 0 Å². The van der Waals surface area contributed by atoms with Gasteiger partial charge in [0.2, 0.25) is 0 Å². The maximum atomic E-state index is 4.39. The van der Waals surface area contributed by atoms with Gasteiger partial charge in [-0.2, -0.15) is 5.10 Å². The molecule has 1 atom stereocenters. The molecule has 17 heavy (non-hydrogen) atoms. The molecule has 0 aliphatic heterocycles. The second kappa shape index (κ2) is 8.23. The van der Waals surface area contributed by atoms with Gasteiger partial charge in [0, 0.05) is 13.0 Å². The Morgan fingerprint density at radius 1 is 1.29 bits per heavy atom. The maximum absolute atomic E-state index is 4.39. The van der Waals surface area contributed by atoms with E-state index in [1.807, 2.05) is 0 Å². The molecule has 0 bridgehead atoms. The molecule has 1 heterocycles. The number of nitrogens with zero attached hydrogens (tertiary/aromatic N) is 3. The Morgan fingerprint density at radius 2 is 2.12 bits per heavy atom. The molecule has 4 nitrogen and oxygen atoms in total. The van der Waals surface area contributed by atoms with Gasteiger partial charge in [0.15, 0.2) is 0 Å². The lowest BCUT2D eigenvalue weighted by atomic mass is 9.99. The summed E-state index contributed by atoms with van der Waals surface area (Å²) in [6, 6.07) is 0. The van der Waals surface area contributed by atoms with Gasteiger partial charge in [-0.3, -0.25) is 4.68 Å². The van der Waals surface area contributed by atoms with E-state index < -0.39 is 0 Å². The standard InChI is InChI=1S/C13H26N4/c1-4-7-12(10-14-6-3)9-13-15-11-16-17(13)8-5-2/h11-12,14H,4-10H2,1-3H3. The fraction of sp³-hybridized carbons (Fsp3) is 0.846. The van der Waals surface area contributed by atoms with E-state index in [1.54, 1.807) is 6.33 Å². The lowest BCUT2D eigenvalue weighted by Gasteiger charge is -2.16. The zero-order valence-corrected chi connectivity index (χ0v) is 11.4. The second-order valence-corrected chi connectivity index (χ2v) is 4.57. The Kier molecular flexibility index (Phi) is 6.86. The summed E-state index contributed by atoms with van der Waals surface area (Å²) in [5, 5.41) is 7.72. The number of nitrogens with one attached hydrogen (secondary N) is 1. The molecular formula is C13H26N4. The zero-order valence-electron chi connectivity index (χ0n) is 11.4. The first kappa shape index (κ1) is 14.2. The third-order valence-electron chi connectivity index (χ3n) is 2.98.